The Hall–Kier alpha value is -1.25. The maximum Gasteiger partial charge on any atom is 0.211 e. The fourth-order valence-corrected chi connectivity index (χ4v) is 2.02. The van der Waals surface area contributed by atoms with Crippen LogP contribution in [0.4, 0.5) is 5.69 Å². The molecule has 15 heavy (non-hydrogen) atoms. The molecule has 0 aliphatic heterocycles. The summed E-state index contributed by atoms with van der Waals surface area (Å²) in [7, 11) is 0. The van der Waals surface area contributed by atoms with Crippen molar-refractivity contribution >= 4 is 46.1 Å². The van der Waals surface area contributed by atoms with E-state index in [2.05, 4.69) is 5.32 Å². The van der Waals surface area contributed by atoms with Crippen molar-refractivity contribution in [1.82, 2.24) is 0 Å². The van der Waals surface area contributed by atoms with Crippen molar-refractivity contribution in [2.24, 2.45) is 0 Å². The summed E-state index contributed by atoms with van der Waals surface area (Å²) < 4.78 is 0. The Balaban J connectivity index is 2.65. The molecule has 0 atom stereocenters. The number of hydrogen-bond acceptors (Lipinski definition) is 1. The van der Waals surface area contributed by atoms with Gasteiger partial charge in [0, 0.05) is 21.1 Å². The molecule has 0 heterocycles. The summed E-state index contributed by atoms with van der Waals surface area (Å²) in [6.45, 7) is 0. The van der Waals surface area contributed by atoms with E-state index in [0.29, 0.717) is 16.5 Å². The Morgan fingerprint density at radius 2 is 1.93 bits per heavy atom. The monoisotopic (exact) mass is 239 g/mol. The molecule has 0 radical (unpaired) electrons. The summed E-state index contributed by atoms with van der Waals surface area (Å²) in [5, 5.41) is 5.57. The lowest BCUT2D eigenvalue weighted by atomic mass is 10.1. The average Bonchev–Trinajstić information content (AvgIpc) is 2.17. The largest absolute Gasteiger partial charge is 0.329 e. The minimum absolute atomic E-state index is 0.579. The third-order valence-corrected chi connectivity index (χ3v) is 2.62. The molecule has 0 saturated carbocycles. The lowest BCUT2D eigenvalue weighted by Crippen LogP contribution is -1.92. The number of fused-ring (bicyclic) bond motifs is 1. The van der Waals surface area contributed by atoms with Crippen LogP contribution in [0.1, 0.15) is 0 Å². The van der Waals surface area contributed by atoms with Crippen LogP contribution in [-0.2, 0) is 4.79 Å². The van der Waals surface area contributed by atoms with Crippen LogP contribution in [0.15, 0.2) is 30.3 Å². The number of rotatable bonds is 2. The number of nitrogens with one attached hydrogen (secondary N) is 1. The summed E-state index contributed by atoms with van der Waals surface area (Å²) in [6.07, 6.45) is 0.632. The molecule has 76 valence electrons. The van der Waals surface area contributed by atoms with Gasteiger partial charge in [-0.2, -0.15) is 0 Å². The summed E-state index contributed by atoms with van der Waals surface area (Å²) in [6, 6.07) is 8.95. The predicted molar refractivity (Wildman–Crippen MR) is 63.7 cm³/mol. The van der Waals surface area contributed by atoms with Crippen LogP contribution < -0.4 is 5.32 Å². The van der Waals surface area contributed by atoms with Gasteiger partial charge in [-0.05, 0) is 29.7 Å². The van der Waals surface area contributed by atoms with Gasteiger partial charge >= 0.3 is 0 Å². The van der Waals surface area contributed by atoms with Crippen LogP contribution in [0.3, 0.4) is 0 Å². The highest BCUT2D eigenvalue weighted by Gasteiger charge is 2.02. The molecule has 2 aromatic carbocycles. The van der Waals surface area contributed by atoms with Crippen LogP contribution in [0.5, 0.6) is 0 Å². The topological polar surface area (TPSA) is 29.1 Å². The molecule has 2 rings (SSSR count). The molecule has 0 spiro atoms. The Morgan fingerprint density at radius 3 is 2.67 bits per heavy atom. The first-order valence-electron chi connectivity index (χ1n) is 4.30. The molecule has 1 N–H and O–H groups in total. The van der Waals surface area contributed by atoms with Gasteiger partial charge in [0.25, 0.3) is 0 Å². The molecule has 4 heteroatoms. The molecule has 0 bridgehead atoms. The molecule has 0 aliphatic rings. The first-order valence-corrected chi connectivity index (χ1v) is 5.05. The first-order chi connectivity index (χ1) is 7.20. The molecule has 0 unspecified atom stereocenters. The second kappa shape index (κ2) is 4.09. The summed E-state index contributed by atoms with van der Waals surface area (Å²) >= 11 is 11.9. The van der Waals surface area contributed by atoms with Crippen LogP contribution >= 0.6 is 23.2 Å². The second-order valence-electron chi connectivity index (χ2n) is 3.09. The van der Waals surface area contributed by atoms with E-state index in [4.69, 9.17) is 23.2 Å². The van der Waals surface area contributed by atoms with Crippen LogP contribution in [-0.4, -0.2) is 6.41 Å². The number of benzene rings is 2. The molecular weight excluding hydrogens is 233 g/mol. The van der Waals surface area contributed by atoms with Gasteiger partial charge in [0.2, 0.25) is 6.41 Å². The standard InChI is InChI=1S/C11H7Cl2NO/c12-8-3-7-4-9(14-6-15)1-2-10(7)11(13)5-8/h1-6H,(H,14,15). The molecular formula is C11H7Cl2NO. The lowest BCUT2D eigenvalue weighted by Gasteiger charge is -2.04. The van der Waals surface area contributed by atoms with Crippen molar-refractivity contribution in [3.63, 3.8) is 0 Å². The normalized spacial score (nSPS) is 10.3. The Bertz CT molecular complexity index is 525. The van der Waals surface area contributed by atoms with Gasteiger partial charge in [-0.3, -0.25) is 4.79 Å². The van der Waals surface area contributed by atoms with E-state index in [-0.39, 0.29) is 0 Å². The smallest absolute Gasteiger partial charge is 0.211 e. The zero-order valence-electron chi connectivity index (χ0n) is 7.63. The van der Waals surface area contributed by atoms with E-state index in [0.717, 1.165) is 16.5 Å². The lowest BCUT2D eigenvalue weighted by molar-refractivity contribution is -0.105. The Labute approximate surface area is 96.8 Å². The van der Waals surface area contributed by atoms with E-state index in [1.165, 1.54) is 0 Å². The molecule has 2 aromatic rings. The first kappa shape index (κ1) is 10.3. The highest BCUT2D eigenvalue weighted by molar-refractivity contribution is 6.38. The predicted octanol–water partition coefficient (Wildman–Crippen LogP) is 3.71. The van der Waals surface area contributed by atoms with E-state index in [1.807, 2.05) is 12.1 Å². The van der Waals surface area contributed by atoms with Crippen LogP contribution in [0.25, 0.3) is 10.8 Å². The number of halogens is 2. The van der Waals surface area contributed by atoms with E-state index >= 15 is 0 Å². The van der Waals surface area contributed by atoms with Crippen molar-refractivity contribution < 1.29 is 4.79 Å². The third-order valence-electron chi connectivity index (χ3n) is 2.09. The number of carbonyl (C=O) groups is 1. The maximum absolute atomic E-state index is 10.3. The van der Waals surface area contributed by atoms with E-state index in [1.54, 1.807) is 18.2 Å². The quantitative estimate of drug-likeness (QED) is 0.796. The molecule has 0 aliphatic carbocycles. The SMILES string of the molecule is O=CNc1ccc2c(Cl)cc(Cl)cc2c1. The van der Waals surface area contributed by atoms with Gasteiger partial charge < -0.3 is 5.32 Å². The van der Waals surface area contributed by atoms with Crippen molar-refractivity contribution in [3.8, 4) is 0 Å². The van der Waals surface area contributed by atoms with Crippen molar-refractivity contribution in [1.29, 1.82) is 0 Å². The summed E-state index contributed by atoms with van der Waals surface area (Å²) in [5.74, 6) is 0. The summed E-state index contributed by atoms with van der Waals surface area (Å²) in [4.78, 5) is 10.3. The Morgan fingerprint density at radius 1 is 1.13 bits per heavy atom. The Kier molecular flexibility index (Phi) is 2.80. The second-order valence-corrected chi connectivity index (χ2v) is 3.93. The fraction of sp³-hybridized carbons (Fsp3) is 0. The molecule has 0 fully saturated rings. The zero-order valence-corrected chi connectivity index (χ0v) is 9.14. The van der Waals surface area contributed by atoms with Gasteiger partial charge in [-0.15, -0.1) is 0 Å². The molecule has 0 saturated heterocycles. The van der Waals surface area contributed by atoms with Gasteiger partial charge in [0.1, 0.15) is 0 Å². The molecule has 2 nitrogen and oxygen atoms in total. The van der Waals surface area contributed by atoms with Gasteiger partial charge in [-0.25, -0.2) is 0 Å². The molecule has 1 amide bonds. The van der Waals surface area contributed by atoms with Gasteiger partial charge in [0.05, 0.1) is 0 Å². The fourth-order valence-electron chi connectivity index (χ4n) is 1.45. The number of carbonyl (C=O) groups excluding carboxylic acids is 1. The van der Waals surface area contributed by atoms with Crippen molar-refractivity contribution in [2.75, 3.05) is 5.32 Å². The highest BCUT2D eigenvalue weighted by Crippen LogP contribution is 2.29. The number of amides is 1. The van der Waals surface area contributed by atoms with E-state index < -0.39 is 0 Å². The van der Waals surface area contributed by atoms with E-state index in [9.17, 15) is 4.79 Å². The minimum atomic E-state index is 0.579. The minimum Gasteiger partial charge on any atom is -0.329 e. The highest BCUT2D eigenvalue weighted by atomic mass is 35.5. The molecule has 0 aromatic heterocycles. The van der Waals surface area contributed by atoms with Crippen LogP contribution in [0, 0.1) is 0 Å². The third kappa shape index (κ3) is 2.06. The number of hydrogen-bond donors (Lipinski definition) is 1. The van der Waals surface area contributed by atoms with Gasteiger partial charge in [-0.1, -0.05) is 29.3 Å². The van der Waals surface area contributed by atoms with Crippen molar-refractivity contribution in [3.05, 3.63) is 40.4 Å². The number of anilines is 1. The van der Waals surface area contributed by atoms with Crippen LogP contribution in [0.2, 0.25) is 10.0 Å². The average molecular weight is 240 g/mol. The summed E-state index contributed by atoms with van der Waals surface area (Å²) in [5.41, 5.74) is 0.718. The zero-order chi connectivity index (χ0) is 10.8. The van der Waals surface area contributed by atoms with Crippen molar-refractivity contribution in [2.45, 2.75) is 0 Å². The maximum atomic E-state index is 10.3. The van der Waals surface area contributed by atoms with Gasteiger partial charge in [0.15, 0.2) is 0 Å².